The Kier molecular flexibility index (Phi) is 5.03. The topological polar surface area (TPSA) is 108 Å². The molecule has 3 rings (SSSR count). The smallest absolute Gasteiger partial charge is 0.218 e. The first-order valence-electron chi connectivity index (χ1n) is 7.96. The molecule has 0 amide bonds. The van der Waals surface area contributed by atoms with Gasteiger partial charge in [-0.25, -0.2) is 5.10 Å². The molecule has 25 heavy (non-hydrogen) atoms. The number of benzene rings is 1. The SMILES string of the molecule is CCc1n[nH]c(O)c1C(=O)c1ccc([S+](C)[O-])c(OC2COC2)c1C. The summed E-state index contributed by atoms with van der Waals surface area (Å²) in [4.78, 5) is 13.5. The van der Waals surface area contributed by atoms with Crippen molar-refractivity contribution in [2.75, 3.05) is 19.5 Å². The first kappa shape index (κ1) is 17.8. The summed E-state index contributed by atoms with van der Waals surface area (Å²) in [5, 5.41) is 16.4. The Labute approximate surface area is 148 Å². The van der Waals surface area contributed by atoms with Crippen LogP contribution in [0.4, 0.5) is 0 Å². The van der Waals surface area contributed by atoms with E-state index in [9.17, 15) is 14.5 Å². The molecule has 7 nitrogen and oxygen atoms in total. The monoisotopic (exact) mass is 364 g/mol. The van der Waals surface area contributed by atoms with Crippen molar-refractivity contribution in [3.05, 3.63) is 34.5 Å². The van der Waals surface area contributed by atoms with Crippen molar-refractivity contribution in [2.24, 2.45) is 0 Å². The Hall–Kier alpha value is -2.03. The van der Waals surface area contributed by atoms with Crippen LogP contribution in [0.2, 0.25) is 0 Å². The number of aromatic amines is 1. The summed E-state index contributed by atoms with van der Waals surface area (Å²) in [6.45, 7) is 4.54. The lowest BCUT2D eigenvalue weighted by atomic mass is 9.97. The molecule has 0 aliphatic carbocycles. The predicted octanol–water partition coefficient (Wildman–Crippen LogP) is 1.73. The van der Waals surface area contributed by atoms with E-state index < -0.39 is 11.2 Å². The van der Waals surface area contributed by atoms with Crippen molar-refractivity contribution in [3.63, 3.8) is 0 Å². The number of aromatic hydroxyl groups is 1. The number of carbonyl (C=O) groups excluding carboxylic acids is 1. The van der Waals surface area contributed by atoms with Gasteiger partial charge < -0.3 is 19.1 Å². The molecule has 1 atom stereocenters. The van der Waals surface area contributed by atoms with Crippen LogP contribution in [0.15, 0.2) is 17.0 Å². The molecule has 1 aliphatic rings. The van der Waals surface area contributed by atoms with Crippen molar-refractivity contribution in [3.8, 4) is 11.6 Å². The van der Waals surface area contributed by atoms with E-state index >= 15 is 0 Å². The number of hydrogen-bond acceptors (Lipinski definition) is 6. The number of ketones is 1. The minimum Gasteiger partial charge on any atom is -0.612 e. The fourth-order valence-corrected chi connectivity index (χ4v) is 3.45. The van der Waals surface area contributed by atoms with Gasteiger partial charge in [-0.05, 0) is 36.7 Å². The number of aryl methyl sites for hydroxylation is 1. The largest absolute Gasteiger partial charge is 0.612 e. The fourth-order valence-electron chi connectivity index (χ4n) is 2.73. The van der Waals surface area contributed by atoms with E-state index in [1.165, 1.54) is 0 Å². The molecule has 1 saturated heterocycles. The molecule has 8 heteroatoms. The highest BCUT2D eigenvalue weighted by molar-refractivity contribution is 7.90. The highest BCUT2D eigenvalue weighted by atomic mass is 32.2. The summed E-state index contributed by atoms with van der Waals surface area (Å²) in [6, 6.07) is 3.25. The van der Waals surface area contributed by atoms with Gasteiger partial charge in [0.1, 0.15) is 17.9 Å². The summed E-state index contributed by atoms with van der Waals surface area (Å²) in [5.74, 6) is -0.149. The van der Waals surface area contributed by atoms with E-state index in [1.807, 2.05) is 6.92 Å². The number of aromatic nitrogens is 2. The van der Waals surface area contributed by atoms with Crippen LogP contribution >= 0.6 is 0 Å². The maximum atomic E-state index is 13.0. The zero-order valence-corrected chi connectivity index (χ0v) is 15.1. The number of nitrogens with one attached hydrogen (secondary N) is 1. The van der Waals surface area contributed by atoms with E-state index in [-0.39, 0.29) is 23.3 Å². The van der Waals surface area contributed by atoms with Crippen molar-refractivity contribution in [1.29, 1.82) is 0 Å². The lowest BCUT2D eigenvalue weighted by molar-refractivity contribution is -0.0809. The van der Waals surface area contributed by atoms with Gasteiger partial charge >= 0.3 is 0 Å². The van der Waals surface area contributed by atoms with E-state index in [4.69, 9.17) is 9.47 Å². The molecule has 2 N–H and O–H groups in total. The van der Waals surface area contributed by atoms with Gasteiger partial charge in [-0.2, -0.15) is 5.10 Å². The van der Waals surface area contributed by atoms with Crippen LogP contribution in [0.1, 0.15) is 34.1 Å². The summed E-state index contributed by atoms with van der Waals surface area (Å²) in [6.07, 6.45) is 1.97. The molecule has 2 aromatic rings. The molecule has 134 valence electrons. The second kappa shape index (κ2) is 7.07. The van der Waals surface area contributed by atoms with Crippen molar-refractivity contribution < 1.29 is 23.9 Å². The highest BCUT2D eigenvalue weighted by Crippen LogP contribution is 2.34. The van der Waals surface area contributed by atoms with E-state index in [0.29, 0.717) is 47.1 Å². The van der Waals surface area contributed by atoms with Crippen LogP contribution in [-0.4, -0.2) is 51.2 Å². The molecular formula is C17H20N2O5S. The van der Waals surface area contributed by atoms with E-state index in [0.717, 1.165) is 0 Å². The second-order valence-electron chi connectivity index (χ2n) is 5.87. The molecule has 0 radical (unpaired) electrons. The summed E-state index contributed by atoms with van der Waals surface area (Å²) < 4.78 is 23.1. The van der Waals surface area contributed by atoms with Gasteiger partial charge in [-0.1, -0.05) is 6.92 Å². The molecule has 0 saturated carbocycles. The Balaban J connectivity index is 2.05. The number of carbonyl (C=O) groups is 1. The molecule has 0 bridgehead atoms. The quantitative estimate of drug-likeness (QED) is 0.597. The first-order chi connectivity index (χ1) is 11.9. The minimum absolute atomic E-state index is 0.111. The first-order valence-corrected chi connectivity index (χ1v) is 9.52. The zero-order valence-electron chi connectivity index (χ0n) is 14.3. The fraction of sp³-hybridized carbons (Fsp3) is 0.412. The maximum absolute atomic E-state index is 13.0. The molecule has 2 heterocycles. The van der Waals surface area contributed by atoms with Crippen LogP contribution in [0.3, 0.4) is 0 Å². The summed E-state index contributed by atoms with van der Waals surface area (Å²) in [5.41, 5.74) is 1.64. The molecule has 1 aromatic carbocycles. The average molecular weight is 364 g/mol. The number of rotatable bonds is 6. The number of nitrogens with zero attached hydrogens (tertiary/aromatic N) is 1. The van der Waals surface area contributed by atoms with Crippen LogP contribution in [-0.2, 0) is 22.3 Å². The molecule has 0 spiro atoms. The van der Waals surface area contributed by atoms with Gasteiger partial charge in [0.15, 0.2) is 10.6 Å². The van der Waals surface area contributed by atoms with Crippen molar-refractivity contribution in [1.82, 2.24) is 10.2 Å². The molecule has 1 aliphatic heterocycles. The van der Waals surface area contributed by atoms with E-state index in [1.54, 1.807) is 25.3 Å². The lowest BCUT2D eigenvalue weighted by Crippen LogP contribution is -2.39. The summed E-state index contributed by atoms with van der Waals surface area (Å²) >= 11 is -1.26. The highest BCUT2D eigenvalue weighted by Gasteiger charge is 2.29. The second-order valence-corrected chi connectivity index (χ2v) is 7.22. The third-order valence-corrected chi connectivity index (χ3v) is 5.14. The van der Waals surface area contributed by atoms with Crippen LogP contribution in [0, 0.1) is 6.92 Å². The zero-order chi connectivity index (χ0) is 18.1. The maximum Gasteiger partial charge on any atom is 0.218 e. The van der Waals surface area contributed by atoms with Crippen LogP contribution in [0.25, 0.3) is 0 Å². The average Bonchev–Trinajstić information content (AvgIpc) is 2.91. The summed E-state index contributed by atoms with van der Waals surface area (Å²) in [7, 11) is 0. The van der Waals surface area contributed by atoms with Crippen LogP contribution in [0.5, 0.6) is 11.6 Å². The van der Waals surface area contributed by atoms with Gasteiger partial charge in [0.25, 0.3) is 0 Å². The number of H-pyrrole nitrogens is 1. The number of ether oxygens (including phenoxy) is 2. The molecule has 1 aromatic heterocycles. The van der Waals surface area contributed by atoms with Crippen molar-refractivity contribution in [2.45, 2.75) is 31.3 Å². The number of hydrogen-bond donors (Lipinski definition) is 2. The Bertz CT molecular complexity index is 799. The minimum atomic E-state index is -1.26. The van der Waals surface area contributed by atoms with E-state index in [2.05, 4.69) is 10.2 Å². The lowest BCUT2D eigenvalue weighted by Gasteiger charge is -2.28. The third kappa shape index (κ3) is 3.24. The van der Waals surface area contributed by atoms with Gasteiger partial charge in [0.05, 0.1) is 18.9 Å². The molecule has 1 unspecified atom stereocenters. The predicted molar refractivity (Wildman–Crippen MR) is 91.8 cm³/mol. The Morgan fingerprint density at radius 1 is 1.52 bits per heavy atom. The Morgan fingerprint density at radius 2 is 2.24 bits per heavy atom. The molecule has 1 fully saturated rings. The van der Waals surface area contributed by atoms with Gasteiger partial charge in [-0.3, -0.25) is 4.79 Å². The molecular weight excluding hydrogens is 344 g/mol. The third-order valence-electron chi connectivity index (χ3n) is 4.20. The normalized spacial score (nSPS) is 15.7. The van der Waals surface area contributed by atoms with Gasteiger partial charge in [-0.15, -0.1) is 0 Å². The standard InChI is InChI=1S/C17H20N2O5S/c1-4-12-14(17(21)19-18-12)15(20)11-5-6-13(25(3)22)16(9(11)2)24-10-7-23-8-10/h5-6,10H,4,7-8H2,1-3H3,(H2,18,19,21). The van der Waals surface area contributed by atoms with Gasteiger partial charge in [0.2, 0.25) is 11.7 Å². The van der Waals surface area contributed by atoms with Crippen molar-refractivity contribution >= 4 is 17.0 Å². The van der Waals surface area contributed by atoms with Crippen LogP contribution < -0.4 is 4.74 Å². The van der Waals surface area contributed by atoms with Gasteiger partial charge in [0, 0.05) is 11.1 Å². The Morgan fingerprint density at radius 3 is 2.80 bits per heavy atom.